The van der Waals surface area contributed by atoms with Crippen molar-refractivity contribution < 1.29 is 18.7 Å². The maximum atomic E-state index is 12.8. The number of hydrogen-bond donors (Lipinski definition) is 0. The first-order valence-corrected chi connectivity index (χ1v) is 8.88. The van der Waals surface area contributed by atoms with Crippen molar-refractivity contribution in [2.75, 3.05) is 7.11 Å². The molecule has 0 N–H and O–H groups in total. The number of esters is 1. The van der Waals surface area contributed by atoms with Crippen molar-refractivity contribution in [3.8, 4) is 11.8 Å². The number of para-hydroxylation sites is 1. The van der Waals surface area contributed by atoms with Gasteiger partial charge in [-0.25, -0.2) is 9.59 Å². The van der Waals surface area contributed by atoms with Gasteiger partial charge in [-0.2, -0.15) is 5.26 Å². The minimum atomic E-state index is -2.15. The van der Waals surface area contributed by atoms with Gasteiger partial charge in [0.2, 0.25) is 0 Å². The monoisotopic (exact) mass is 415 g/mol. The van der Waals surface area contributed by atoms with Crippen molar-refractivity contribution in [1.82, 2.24) is 0 Å². The van der Waals surface area contributed by atoms with Gasteiger partial charge in [0, 0.05) is 10.0 Å². The van der Waals surface area contributed by atoms with E-state index in [1.54, 1.807) is 30.3 Å². The Bertz CT molecular complexity index is 1230. The van der Waals surface area contributed by atoms with Gasteiger partial charge < -0.3 is 13.9 Å². The number of nitrogens with zero attached hydrogens (tertiary/aromatic N) is 1. The summed E-state index contributed by atoms with van der Waals surface area (Å²) in [5, 5.41) is 10.9. The zero-order valence-corrected chi connectivity index (χ0v) is 15.9. The number of halogens is 2. The zero-order valence-electron chi connectivity index (χ0n) is 14.4. The molecule has 8 heteroatoms. The molecule has 4 rings (SSSR count). The van der Waals surface area contributed by atoms with E-state index in [0.717, 1.165) is 7.11 Å². The Morgan fingerprint density at radius 3 is 2.68 bits per heavy atom. The first-order valence-electron chi connectivity index (χ1n) is 8.12. The lowest BCUT2D eigenvalue weighted by atomic mass is 9.80. The van der Waals surface area contributed by atoms with E-state index >= 15 is 0 Å². The predicted molar refractivity (Wildman–Crippen MR) is 102 cm³/mol. The van der Waals surface area contributed by atoms with E-state index in [9.17, 15) is 14.9 Å². The van der Waals surface area contributed by atoms with E-state index in [2.05, 4.69) is 0 Å². The highest BCUT2D eigenvalue weighted by Gasteiger charge is 2.59. The summed E-state index contributed by atoms with van der Waals surface area (Å²) < 4.78 is 16.1. The molecule has 0 fully saturated rings. The topological polar surface area (TPSA) is 89.5 Å². The highest BCUT2D eigenvalue weighted by Crippen LogP contribution is 2.51. The van der Waals surface area contributed by atoms with Crippen LogP contribution in [0.2, 0.25) is 10.0 Å². The molecule has 0 saturated carbocycles. The number of carbonyl (C=O) groups excluding carboxylic acids is 1. The predicted octanol–water partition coefficient (Wildman–Crippen LogP) is 4.06. The SMILES string of the molecule is COC(=O)C1(C#N)Oc2c(c(=O)oc3ccccc23)C1c1ccc(Cl)cc1Cl. The Labute approximate surface area is 168 Å². The van der Waals surface area contributed by atoms with Crippen molar-refractivity contribution in [1.29, 1.82) is 5.26 Å². The molecule has 1 aromatic heterocycles. The van der Waals surface area contributed by atoms with Gasteiger partial charge in [-0.05, 0) is 29.8 Å². The third kappa shape index (κ3) is 2.48. The van der Waals surface area contributed by atoms with E-state index in [1.165, 1.54) is 12.1 Å². The number of ether oxygens (including phenoxy) is 2. The van der Waals surface area contributed by atoms with Gasteiger partial charge in [-0.1, -0.05) is 41.4 Å². The summed E-state index contributed by atoms with van der Waals surface area (Å²) in [5.41, 5.74) is -2.27. The maximum Gasteiger partial charge on any atom is 0.366 e. The molecule has 2 heterocycles. The van der Waals surface area contributed by atoms with Crippen LogP contribution in [0.5, 0.6) is 5.75 Å². The first kappa shape index (κ1) is 18.4. The van der Waals surface area contributed by atoms with Gasteiger partial charge >= 0.3 is 17.2 Å². The molecule has 0 amide bonds. The Hall–Kier alpha value is -3.01. The van der Waals surface area contributed by atoms with Gasteiger partial charge in [0.1, 0.15) is 17.4 Å². The average Bonchev–Trinajstić information content (AvgIpc) is 3.04. The summed E-state index contributed by atoms with van der Waals surface area (Å²) in [6, 6.07) is 13.1. The van der Waals surface area contributed by atoms with Crippen molar-refractivity contribution in [2.24, 2.45) is 0 Å². The fraction of sp³-hybridized carbons (Fsp3) is 0.150. The molecule has 140 valence electrons. The molecule has 2 unspecified atom stereocenters. The maximum absolute atomic E-state index is 12.8. The third-order valence-electron chi connectivity index (χ3n) is 4.69. The zero-order chi connectivity index (χ0) is 20.1. The minimum absolute atomic E-state index is 0.0230. The standard InChI is InChI=1S/C20H11Cl2NO5/c1-26-19(25)20(9-23)16(11-7-6-10(21)8-13(11)22)15-17(28-20)12-4-2-3-5-14(12)27-18(15)24/h2-8,16H,1H3. The lowest BCUT2D eigenvalue weighted by molar-refractivity contribution is -0.153. The Kier molecular flexibility index (Phi) is 4.30. The Morgan fingerprint density at radius 1 is 1.25 bits per heavy atom. The van der Waals surface area contributed by atoms with Gasteiger partial charge in [-0.3, -0.25) is 0 Å². The summed E-state index contributed by atoms with van der Waals surface area (Å²) >= 11 is 12.3. The second-order valence-corrected chi connectivity index (χ2v) is 7.01. The van der Waals surface area contributed by atoms with Crippen LogP contribution in [0.4, 0.5) is 0 Å². The summed E-state index contributed by atoms with van der Waals surface area (Å²) in [5.74, 6) is -2.02. The summed E-state index contributed by atoms with van der Waals surface area (Å²) in [7, 11) is 1.13. The molecule has 2 atom stereocenters. The fourth-order valence-electron chi connectivity index (χ4n) is 3.47. The van der Waals surface area contributed by atoms with Gasteiger partial charge in [0.05, 0.1) is 24.0 Å². The second kappa shape index (κ2) is 6.55. The molecule has 3 aromatic rings. The van der Waals surface area contributed by atoms with Crippen LogP contribution in [0.1, 0.15) is 17.0 Å². The molecule has 0 aliphatic carbocycles. The number of carbonyl (C=O) groups is 1. The van der Waals surface area contributed by atoms with Crippen LogP contribution < -0.4 is 10.4 Å². The Balaban J connectivity index is 2.12. The minimum Gasteiger partial charge on any atom is -0.465 e. The summed E-state index contributed by atoms with van der Waals surface area (Å²) in [6.07, 6.45) is 0. The molecule has 0 radical (unpaired) electrons. The van der Waals surface area contributed by atoms with Crippen LogP contribution in [0.15, 0.2) is 51.7 Å². The molecule has 0 bridgehead atoms. The van der Waals surface area contributed by atoms with Crippen molar-refractivity contribution >= 4 is 40.1 Å². The molecular formula is C20H11Cl2NO5. The van der Waals surface area contributed by atoms with E-state index in [-0.39, 0.29) is 21.9 Å². The molecule has 0 saturated heterocycles. The van der Waals surface area contributed by atoms with E-state index in [4.69, 9.17) is 37.1 Å². The first-order chi connectivity index (χ1) is 13.4. The normalized spacial score (nSPS) is 20.3. The van der Waals surface area contributed by atoms with Crippen LogP contribution in [0, 0.1) is 11.3 Å². The molecule has 1 aliphatic rings. The van der Waals surface area contributed by atoms with Crippen molar-refractivity contribution in [3.63, 3.8) is 0 Å². The lowest BCUT2D eigenvalue weighted by Crippen LogP contribution is -2.46. The Morgan fingerprint density at radius 2 is 2.00 bits per heavy atom. The number of fused-ring (bicyclic) bond motifs is 3. The number of nitriles is 1. The van der Waals surface area contributed by atoms with Crippen LogP contribution in [-0.2, 0) is 9.53 Å². The lowest BCUT2D eigenvalue weighted by Gasteiger charge is -2.25. The van der Waals surface area contributed by atoms with E-state index < -0.39 is 23.1 Å². The summed E-state index contributed by atoms with van der Waals surface area (Å²) in [4.78, 5) is 25.5. The van der Waals surface area contributed by atoms with E-state index in [0.29, 0.717) is 16.0 Å². The fourth-order valence-corrected chi connectivity index (χ4v) is 3.99. The van der Waals surface area contributed by atoms with E-state index in [1.807, 2.05) is 6.07 Å². The number of hydrogen-bond acceptors (Lipinski definition) is 6. The molecular weight excluding hydrogens is 405 g/mol. The van der Waals surface area contributed by atoms with Crippen LogP contribution in [0.3, 0.4) is 0 Å². The van der Waals surface area contributed by atoms with Gasteiger partial charge in [0.15, 0.2) is 0 Å². The second-order valence-electron chi connectivity index (χ2n) is 6.17. The van der Waals surface area contributed by atoms with Crippen LogP contribution in [-0.4, -0.2) is 18.7 Å². The third-order valence-corrected chi connectivity index (χ3v) is 5.25. The smallest absolute Gasteiger partial charge is 0.366 e. The van der Waals surface area contributed by atoms with Gasteiger partial charge in [0.25, 0.3) is 0 Å². The molecule has 1 aliphatic heterocycles. The number of methoxy groups -OCH3 is 1. The molecule has 28 heavy (non-hydrogen) atoms. The highest BCUT2D eigenvalue weighted by molar-refractivity contribution is 6.35. The van der Waals surface area contributed by atoms with Gasteiger partial charge in [-0.15, -0.1) is 0 Å². The number of benzene rings is 2. The summed E-state index contributed by atoms with van der Waals surface area (Å²) in [6.45, 7) is 0. The van der Waals surface area contributed by atoms with Crippen molar-refractivity contribution in [2.45, 2.75) is 11.5 Å². The molecule has 6 nitrogen and oxygen atoms in total. The molecule has 0 spiro atoms. The van der Waals surface area contributed by atoms with Crippen LogP contribution in [0.25, 0.3) is 11.0 Å². The van der Waals surface area contributed by atoms with Crippen LogP contribution >= 0.6 is 23.2 Å². The average molecular weight is 416 g/mol. The van der Waals surface area contributed by atoms with Crippen molar-refractivity contribution in [3.05, 3.63) is 74.1 Å². The molecule has 2 aromatic carbocycles. The highest BCUT2D eigenvalue weighted by atomic mass is 35.5. The number of rotatable bonds is 2. The largest absolute Gasteiger partial charge is 0.465 e. The quantitative estimate of drug-likeness (QED) is 0.463.